The SMILES string of the molecule is CC(C)c1cccc(OCC(N)C(C)(C)C)c1. The lowest BCUT2D eigenvalue weighted by Gasteiger charge is -2.26. The molecule has 1 unspecified atom stereocenters. The van der Waals surface area contributed by atoms with E-state index in [1.165, 1.54) is 5.56 Å². The van der Waals surface area contributed by atoms with E-state index in [2.05, 4.69) is 46.8 Å². The Morgan fingerprint density at radius 2 is 1.88 bits per heavy atom. The van der Waals surface area contributed by atoms with Crippen LogP contribution in [-0.2, 0) is 0 Å². The van der Waals surface area contributed by atoms with Crippen molar-refractivity contribution >= 4 is 0 Å². The van der Waals surface area contributed by atoms with Gasteiger partial charge in [0.25, 0.3) is 0 Å². The lowest BCUT2D eigenvalue weighted by molar-refractivity contribution is 0.205. The summed E-state index contributed by atoms with van der Waals surface area (Å²) in [6.45, 7) is 11.3. The average molecular weight is 235 g/mol. The van der Waals surface area contributed by atoms with Crippen LogP contribution in [0.25, 0.3) is 0 Å². The lowest BCUT2D eigenvalue weighted by atomic mass is 9.88. The third kappa shape index (κ3) is 4.39. The number of rotatable bonds is 4. The summed E-state index contributed by atoms with van der Waals surface area (Å²) in [6, 6.07) is 8.29. The smallest absolute Gasteiger partial charge is 0.119 e. The molecule has 2 heteroatoms. The first kappa shape index (κ1) is 14.0. The van der Waals surface area contributed by atoms with Crippen LogP contribution >= 0.6 is 0 Å². The largest absolute Gasteiger partial charge is 0.492 e. The normalized spacial score (nSPS) is 13.8. The summed E-state index contributed by atoms with van der Waals surface area (Å²) in [5.41, 5.74) is 7.45. The summed E-state index contributed by atoms with van der Waals surface area (Å²) in [4.78, 5) is 0. The van der Waals surface area contributed by atoms with Gasteiger partial charge in [0.15, 0.2) is 0 Å². The Bertz CT molecular complexity index is 352. The molecule has 17 heavy (non-hydrogen) atoms. The fourth-order valence-electron chi connectivity index (χ4n) is 1.40. The molecule has 0 amide bonds. The number of nitrogens with two attached hydrogens (primary N) is 1. The van der Waals surface area contributed by atoms with Crippen molar-refractivity contribution in [3.63, 3.8) is 0 Å². The molecule has 0 aliphatic rings. The minimum atomic E-state index is 0.0465. The van der Waals surface area contributed by atoms with E-state index in [4.69, 9.17) is 10.5 Å². The molecule has 2 nitrogen and oxygen atoms in total. The van der Waals surface area contributed by atoms with Crippen LogP contribution in [0.5, 0.6) is 5.75 Å². The molecule has 0 aliphatic carbocycles. The van der Waals surface area contributed by atoms with E-state index in [1.807, 2.05) is 12.1 Å². The number of hydrogen-bond donors (Lipinski definition) is 1. The van der Waals surface area contributed by atoms with Gasteiger partial charge in [0.05, 0.1) is 0 Å². The molecule has 0 saturated heterocycles. The van der Waals surface area contributed by atoms with Crippen LogP contribution in [0.1, 0.15) is 46.1 Å². The molecule has 0 bridgehead atoms. The maximum atomic E-state index is 6.07. The Balaban J connectivity index is 2.61. The third-order valence-corrected chi connectivity index (χ3v) is 3.07. The summed E-state index contributed by atoms with van der Waals surface area (Å²) in [6.07, 6.45) is 0. The van der Waals surface area contributed by atoms with Crippen LogP contribution in [0.2, 0.25) is 0 Å². The van der Waals surface area contributed by atoms with E-state index in [1.54, 1.807) is 0 Å². The van der Waals surface area contributed by atoms with Crippen molar-refractivity contribution in [3.05, 3.63) is 29.8 Å². The Hall–Kier alpha value is -1.02. The third-order valence-electron chi connectivity index (χ3n) is 3.07. The summed E-state index contributed by atoms with van der Waals surface area (Å²) in [5.74, 6) is 1.44. The standard InChI is InChI=1S/C15H25NO/c1-11(2)12-7-6-8-13(9-12)17-10-14(16)15(3,4)5/h6-9,11,14H,10,16H2,1-5H3. The predicted molar refractivity (Wildman–Crippen MR) is 73.5 cm³/mol. The molecule has 0 aliphatic heterocycles. The molecule has 1 atom stereocenters. The molecule has 0 spiro atoms. The maximum Gasteiger partial charge on any atom is 0.119 e. The van der Waals surface area contributed by atoms with Crippen molar-refractivity contribution in [1.82, 2.24) is 0 Å². The van der Waals surface area contributed by atoms with E-state index in [-0.39, 0.29) is 11.5 Å². The van der Waals surface area contributed by atoms with Gasteiger partial charge in [0.1, 0.15) is 12.4 Å². The first-order chi connectivity index (χ1) is 7.80. The van der Waals surface area contributed by atoms with Gasteiger partial charge in [-0.25, -0.2) is 0 Å². The summed E-state index contributed by atoms with van der Waals surface area (Å²) >= 11 is 0. The number of benzene rings is 1. The molecule has 0 radical (unpaired) electrons. The molecule has 1 aromatic rings. The summed E-state index contributed by atoms with van der Waals surface area (Å²) < 4.78 is 5.76. The minimum absolute atomic E-state index is 0.0465. The molecular weight excluding hydrogens is 210 g/mol. The minimum Gasteiger partial charge on any atom is -0.492 e. The molecule has 1 aromatic carbocycles. The van der Waals surface area contributed by atoms with Gasteiger partial charge in [0.2, 0.25) is 0 Å². The quantitative estimate of drug-likeness (QED) is 0.866. The summed E-state index contributed by atoms with van der Waals surface area (Å²) in [5, 5.41) is 0. The highest BCUT2D eigenvalue weighted by Gasteiger charge is 2.21. The zero-order valence-electron chi connectivity index (χ0n) is 11.7. The summed E-state index contributed by atoms with van der Waals surface area (Å²) in [7, 11) is 0. The van der Waals surface area contributed by atoms with Crippen molar-refractivity contribution in [2.45, 2.75) is 46.6 Å². The zero-order chi connectivity index (χ0) is 13.1. The monoisotopic (exact) mass is 235 g/mol. The van der Waals surface area contributed by atoms with Crippen LogP contribution in [0.3, 0.4) is 0 Å². The second-order valence-corrected chi connectivity index (χ2v) is 6.01. The highest BCUT2D eigenvalue weighted by Crippen LogP contribution is 2.22. The van der Waals surface area contributed by atoms with Gasteiger partial charge in [-0.15, -0.1) is 0 Å². The molecule has 1 rings (SSSR count). The van der Waals surface area contributed by atoms with Gasteiger partial charge in [-0.2, -0.15) is 0 Å². The molecular formula is C15H25NO. The highest BCUT2D eigenvalue weighted by molar-refractivity contribution is 5.30. The van der Waals surface area contributed by atoms with Gasteiger partial charge < -0.3 is 10.5 Å². The molecule has 2 N–H and O–H groups in total. The first-order valence-corrected chi connectivity index (χ1v) is 6.29. The lowest BCUT2D eigenvalue weighted by Crippen LogP contribution is -2.40. The van der Waals surface area contributed by atoms with E-state index < -0.39 is 0 Å². The molecule has 0 aromatic heterocycles. The second-order valence-electron chi connectivity index (χ2n) is 6.01. The zero-order valence-corrected chi connectivity index (χ0v) is 11.7. The number of ether oxygens (including phenoxy) is 1. The van der Waals surface area contributed by atoms with Crippen LogP contribution in [0, 0.1) is 5.41 Å². The van der Waals surface area contributed by atoms with Crippen molar-refractivity contribution in [1.29, 1.82) is 0 Å². The Morgan fingerprint density at radius 1 is 1.24 bits per heavy atom. The molecule has 0 heterocycles. The topological polar surface area (TPSA) is 35.2 Å². The maximum absolute atomic E-state index is 6.07. The predicted octanol–water partition coefficient (Wildman–Crippen LogP) is 3.56. The van der Waals surface area contributed by atoms with E-state index in [0.717, 1.165) is 5.75 Å². The van der Waals surface area contributed by atoms with Crippen LogP contribution in [-0.4, -0.2) is 12.6 Å². The van der Waals surface area contributed by atoms with Crippen LogP contribution in [0.15, 0.2) is 24.3 Å². The van der Waals surface area contributed by atoms with Gasteiger partial charge in [-0.05, 0) is 29.0 Å². The van der Waals surface area contributed by atoms with Crippen LogP contribution < -0.4 is 10.5 Å². The van der Waals surface area contributed by atoms with Crippen molar-refractivity contribution < 1.29 is 4.74 Å². The van der Waals surface area contributed by atoms with Gasteiger partial charge in [0, 0.05) is 6.04 Å². The highest BCUT2D eigenvalue weighted by atomic mass is 16.5. The fraction of sp³-hybridized carbons (Fsp3) is 0.600. The Morgan fingerprint density at radius 3 is 2.41 bits per heavy atom. The van der Waals surface area contributed by atoms with Crippen molar-refractivity contribution in [3.8, 4) is 5.75 Å². The first-order valence-electron chi connectivity index (χ1n) is 6.29. The van der Waals surface area contributed by atoms with Gasteiger partial charge >= 0.3 is 0 Å². The Labute approximate surface area is 105 Å². The molecule has 0 fully saturated rings. The second kappa shape index (κ2) is 5.54. The van der Waals surface area contributed by atoms with E-state index >= 15 is 0 Å². The average Bonchev–Trinajstić information content (AvgIpc) is 2.25. The van der Waals surface area contributed by atoms with Gasteiger partial charge in [-0.3, -0.25) is 0 Å². The number of hydrogen-bond acceptors (Lipinski definition) is 2. The Kier molecular flexibility index (Phi) is 4.58. The van der Waals surface area contributed by atoms with Gasteiger partial charge in [-0.1, -0.05) is 46.8 Å². The molecule has 96 valence electrons. The molecule has 0 saturated carbocycles. The van der Waals surface area contributed by atoms with E-state index in [9.17, 15) is 0 Å². The van der Waals surface area contributed by atoms with Crippen molar-refractivity contribution in [2.24, 2.45) is 11.1 Å². The van der Waals surface area contributed by atoms with Crippen LogP contribution in [0.4, 0.5) is 0 Å². The van der Waals surface area contributed by atoms with E-state index in [0.29, 0.717) is 12.5 Å². The fourth-order valence-corrected chi connectivity index (χ4v) is 1.40. The van der Waals surface area contributed by atoms with Crippen molar-refractivity contribution in [2.75, 3.05) is 6.61 Å².